The lowest BCUT2D eigenvalue weighted by Gasteiger charge is -2.13. The summed E-state index contributed by atoms with van der Waals surface area (Å²) in [7, 11) is 1.66. The van der Waals surface area contributed by atoms with E-state index in [1.807, 2.05) is 36.4 Å². The first-order valence-corrected chi connectivity index (χ1v) is 9.41. The van der Waals surface area contributed by atoms with Crippen molar-refractivity contribution < 1.29 is 9.47 Å². The maximum atomic E-state index is 6.03. The molecule has 0 amide bonds. The van der Waals surface area contributed by atoms with Crippen molar-refractivity contribution in [2.45, 2.75) is 27.0 Å². The number of imidazole rings is 1. The van der Waals surface area contributed by atoms with Crippen molar-refractivity contribution in [1.82, 2.24) is 9.55 Å². The predicted octanol–water partition coefficient (Wildman–Crippen LogP) is 5.29. The van der Waals surface area contributed by atoms with Crippen molar-refractivity contribution in [3.8, 4) is 11.5 Å². The van der Waals surface area contributed by atoms with Crippen LogP contribution in [0.4, 0.5) is 0 Å². The minimum absolute atomic E-state index is 0.396. The summed E-state index contributed by atoms with van der Waals surface area (Å²) in [5.74, 6) is 2.45. The van der Waals surface area contributed by atoms with Gasteiger partial charge in [-0.3, -0.25) is 0 Å². The van der Waals surface area contributed by atoms with Gasteiger partial charge in [0.15, 0.2) is 0 Å². The fourth-order valence-corrected chi connectivity index (χ4v) is 3.39. The Bertz CT molecular complexity index is 1110. The van der Waals surface area contributed by atoms with Crippen molar-refractivity contribution in [2.24, 2.45) is 0 Å². The Hall–Kier alpha value is -3.27. The highest BCUT2D eigenvalue weighted by Crippen LogP contribution is 2.23. The number of nitrogens with zero attached hydrogens (tertiary/aromatic N) is 2. The Morgan fingerprint density at radius 1 is 0.893 bits per heavy atom. The fourth-order valence-electron chi connectivity index (χ4n) is 3.39. The van der Waals surface area contributed by atoms with Crippen molar-refractivity contribution in [1.29, 1.82) is 0 Å². The largest absolute Gasteiger partial charge is 0.497 e. The third kappa shape index (κ3) is 3.72. The molecule has 0 radical (unpaired) electrons. The van der Waals surface area contributed by atoms with Crippen LogP contribution in [0.2, 0.25) is 0 Å². The summed E-state index contributed by atoms with van der Waals surface area (Å²) in [5, 5.41) is 0. The van der Waals surface area contributed by atoms with E-state index in [4.69, 9.17) is 14.5 Å². The third-order valence-electron chi connectivity index (χ3n) is 4.98. The van der Waals surface area contributed by atoms with E-state index in [0.717, 1.165) is 34.9 Å². The molecule has 0 saturated carbocycles. The van der Waals surface area contributed by atoms with Gasteiger partial charge in [-0.25, -0.2) is 4.98 Å². The van der Waals surface area contributed by atoms with Crippen LogP contribution in [0.25, 0.3) is 11.0 Å². The molecule has 0 fully saturated rings. The number of hydrogen-bond acceptors (Lipinski definition) is 3. The van der Waals surface area contributed by atoms with Crippen LogP contribution in [-0.4, -0.2) is 16.7 Å². The molecule has 0 bridgehead atoms. The first kappa shape index (κ1) is 18.1. The molecule has 0 saturated heterocycles. The Balaban J connectivity index is 1.67. The molecular formula is C24H24N2O2. The highest BCUT2D eigenvalue weighted by atomic mass is 16.5. The van der Waals surface area contributed by atoms with Gasteiger partial charge < -0.3 is 14.0 Å². The van der Waals surface area contributed by atoms with Gasteiger partial charge in [-0.05, 0) is 49.2 Å². The second kappa shape index (κ2) is 7.77. The first-order chi connectivity index (χ1) is 13.6. The molecular weight excluding hydrogens is 348 g/mol. The summed E-state index contributed by atoms with van der Waals surface area (Å²) in [4.78, 5) is 4.83. The maximum absolute atomic E-state index is 6.03. The monoisotopic (exact) mass is 372 g/mol. The summed E-state index contributed by atoms with van der Waals surface area (Å²) in [6, 6.07) is 22.4. The van der Waals surface area contributed by atoms with Crippen LogP contribution in [0, 0.1) is 13.8 Å². The van der Waals surface area contributed by atoms with Crippen LogP contribution in [0.3, 0.4) is 0 Å². The minimum atomic E-state index is 0.396. The highest BCUT2D eigenvalue weighted by molar-refractivity contribution is 5.76. The molecule has 0 aliphatic carbocycles. The van der Waals surface area contributed by atoms with Crippen molar-refractivity contribution in [2.75, 3.05) is 7.11 Å². The number of aromatic nitrogens is 2. The lowest BCUT2D eigenvalue weighted by atomic mass is 10.1. The van der Waals surface area contributed by atoms with E-state index < -0.39 is 0 Å². The van der Waals surface area contributed by atoms with Gasteiger partial charge in [-0.2, -0.15) is 0 Å². The second-order valence-corrected chi connectivity index (χ2v) is 7.00. The van der Waals surface area contributed by atoms with Gasteiger partial charge in [0.1, 0.15) is 23.9 Å². The van der Waals surface area contributed by atoms with Gasteiger partial charge in [-0.1, -0.05) is 42.0 Å². The zero-order valence-electron chi connectivity index (χ0n) is 16.5. The van der Waals surface area contributed by atoms with Crippen LogP contribution in [-0.2, 0) is 13.2 Å². The van der Waals surface area contributed by atoms with Crippen LogP contribution in [0.1, 0.15) is 22.5 Å². The predicted molar refractivity (Wildman–Crippen MR) is 112 cm³/mol. The van der Waals surface area contributed by atoms with Gasteiger partial charge in [0, 0.05) is 12.6 Å². The van der Waals surface area contributed by atoms with Gasteiger partial charge in [0.05, 0.1) is 18.1 Å². The van der Waals surface area contributed by atoms with E-state index in [2.05, 4.69) is 48.7 Å². The molecule has 4 rings (SSSR count). The molecule has 0 aliphatic heterocycles. The van der Waals surface area contributed by atoms with Crippen molar-refractivity contribution in [3.05, 3.63) is 89.2 Å². The number of fused-ring (bicyclic) bond motifs is 1. The SMILES string of the molecule is COc1cccc(OCc2nc3ccccc3n2Cc2cc(C)ccc2C)c1. The van der Waals surface area contributed by atoms with Crippen LogP contribution in [0.15, 0.2) is 66.7 Å². The second-order valence-electron chi connectivity index (χ2n) is 7.00. The highest BCUT2D eigenvalue weighted by Gasteiger charge is 2.13. The quantitative estimate of drug-likeness (QED) is 0.461. The van der Waals surface area contributed by atoms with Gasteiger partial charge in [-0.15, -0.1) is 0 Å². The minimum Gasteiger partial charge on any atom is -0.497 e. The summed E-state index contributed by atoms with van der Waals surface area (Å²) in [6.07, 6.45) is 0. The fraction of sp³-hybridized carbons (Fsp3) is 0.208. The van der Waals surface area contributed by atoms with Gasteiger partial charge in [0.25, 0.3) is 0 Å². The molecule has 0 N–H and O–H groups in total. The Morgan fingerprint density at radius 3 is 2.57 bits per heavy atom. The van der Waals surface area contributed by atoms with Crippen molar-refractivity contribution >= 4 is 11.0 Å². The Morgan fingerprint density at radius 2 is 1.71 bits per heavy atom. The van der Waals surface area contributed by atoms with E-state index in [-0.39, 0.29) is 0 Å². The average molecular weight is 372 g/mol. The lowest BCUT2D eigenvalue weighted by molar-refractivity contribution is 0.289. The average Bonchev–Trinajstić information content (AvgIpc) is 3.07. The smallest absolute Gasteiger partial charge is 0.148 e. The number of benzene rings is 3. The molecule has 4 nitrogen and oxygen atoms in total. The molecule has 0 spiro atoms. The lowest BCUT2D eigenvalue weighted by Crippen LogP contribution is -2.09. The molecule has 1 heterocycles. The number of aryl methyl sites for hydroxylation is 2. The van der Waals surface area contributed by atoms with E-state index in [1.165, 1.54) is 16.7 Å². The van der Waals surface area contributed by atoms with E-state index >= 15 is 0 Å². The van der Waals surface area contributed by atoms with Crippen LogP contribution < -0.4 is 9.47 Å². The summed E-state index contributed by atoms with van der Waals surface area (Å²) >= 11 is 0. The first-order valence-electron chi connectivity index (χ1n) is 9.41. The van der Waals surface area contributed by atoms with E-state index in [1.54, 1.807) is 7.11 Å². The molecule has 28 heavy (non-hydrogen) atoms. The number of para-hydroxylation sites is 2. The van der Waals surface area contributed by atoms with Crippen molar-refractivity contribution in [3.63, 3.8) is 0 Å². The molecule has 4 heteroatoms. The molecule has 0 unspecified atom stereocenters. The third-order valence-corrected chi connectivity index (χ3v) is 4.98. The summed E-state index contributed by atoms with van der Waals surface area (Å²) < 4.78 is 13.6. The number of methoxy groups -OCH3 is 1. The number of hydrogen-bond donors (Lipinski definition) is 0. The number of ether oxygens (including phenoxy) is 2. The molecule has 0 aliphatic rings. The normalized spacial score (nSPS) is 11.0. The molecule has 0 atom stereocenters. The standard InChI is InChI=1S/C24H24N2O2/c1-17-11-12-18(2)19(13-17)15-26-23-10-5-4-9-22(23)25-24(26)16-28-21-8-6-7-20(14-21)27-3/h4-14H,15-16H2,1-3H3. The Labute approximate surface area is 165 Å². The molecule has 4 aromatic rings. The van der Waals surface area contributed by atoms with E-state index in [9.17, 15) is 0 Å². The van der Waals surface area contributed by atoms with E-state index in [0.29, 0.717) is 6.61 Å². The zero-order chi connectivity index (χ0) is 19.5. The number of rotatable bonds is 6. The summed E-state index contributed by atoms with van der Waals surface area (Å²) in [5.41, 5.74) is 5.94. The Kier molecular flexibility index (Phi) is 5.02. The molecule has 142 valence electrons. The summed E-state index contributed by atoms with van der Waals surface area (Å²) in [6.45, 7) is 5.44. The molecule has 3 aromatic carbocycles. The van der Waals surface area contributed by atoms with Crippen LogP contribution >= 0.6 is 0 Å². The van der Waals surface area contributed by atoms with Crippen LogP contribution in [0.5, 0.6) is 11.5 Å². The molecule has 1 aromatic heterocycles. The zero-order valence-corrected chi connectivity index (χ0v) is 16.5. The van der Waals surface area contributed by atoms with Gasteiger partial charge >= 0.3 is 0 Å². The van der Waals surface area contributed by atoms with Gasteiger partial charge in [0.2, 0.25) is 0 Å². The topological polar surface area (TPSA) is 36.3 Å². The maximum Gasteiger partial charge on any atom is 0.148 e.